The van der Waals surface area contributed by atoms with Gasteiger partial charge in [0.15, 0.2) is 0 Å². The Hall–Kier alpha value is -0.120. The smallest absolute Gasteiger partial charge is 0.00759 e. The maximum absolute atomic E-state index is 3.46. The minimum Gasteiger partial charge on any atom is -0.317 e. The van der Waals surface area contributed by atoms with Gasteiger partial charge in [-0.1, -0.05) is 6.92 Å². The quantitative estimate of drug-likeness (QED) is 0.575. The highest BCUT2D eigenvalue weighted by atomic mass is 15.1. The Morgan fingerprint density at radius 1 is 1.06 bits per heavy atom. The van der Waals surface area contributed by atoms with E-state index in [1.54, 1.807) is 0 Å². The number of hydrogen-bond donors (Lipinski definition) is 1. The molecule has 0 fully saturated rings. The van der Waals surface area contributed by atoms with Crippen LogP contribution in [0.2, 0.25) is 0 Å². The Morgan fingerprint density at radius 3 is 2.31 bits per heavy atom. The number of rotatable bonds is 10. The van der Waals surface area contributed by atoms with Crippen molar-refractivity contribution in [2.75, 3.05) is 47.3 Å². The van der Waals surface area contributed by atoms with Crippen molar-refractivity contribution in [2.45, 2.75) is 39.2 Å². The molecule has 0 rings (SSSR count). The molecule has 0 amide bonds. The van der Waals surface area contributed by atoms with Crippen molar-refractivity contribution >= 4 is 0 Å². The van der Waals surface area contributed by atoms with Crippen LogP contribution in [0.4, 0.5) is 0 Å². The third-order valence-electron chi connectivity index (χ3n) is 3.03. The normalized spacial score (nSPS) is 13.7. The molecule has 0 spiro atoms. The van der Waals surface area contributed by atoms with Crippen molar-refractivity contribution in [1.29, 1.82) is 0 Å². The lowest BCUT2D eigenvalue weighted by Gasteiger charge is -2.25. The molecule has 16 heavy (non-hydrogen) atoms. The minimum atomic E-state index is 0.687. The van der Waals surface area contributed by atoms with Gasteiger partial charge in [0.1, 0.15) is 0 Å². The van der Waals surface area contributed by atoms with Crippen LogP contribution >= 0.6 is 0 Å². The van der Waals surface area contributed by atoms with E-state index in [0.717, 1.165) is 13.1 Å². The zero-order valence-corrected chi connectivity index (χ0v) is 11.9. The predicted molar refractivity (Wildman–Crippen MR) is 73.0 cm³/mol. The van der Waals surface area contributed by atoms with Crippen molar-refractivity contribution in [3.05, 3.63) is 0 Å². The van der Waals surface area contributed by atoms with Crippen LogP contribution in [0.3, 0.4) is 0 Å². The Labute approximate surface area is 102 Å². The molecule has 1 unspecified atom stereocenters. The Kier molecular flexibility index (Phi) is 9.99. The lowest BCUT2D eigenvalue weighted by Crippen LogP contribution is -2.34. The first-order valence-corrected chi connectivity index (χ1v) is 6.63. The fourth-order valence-electron chi connectivity index (χ4n) is 1.69. The third-order valence-corrected chi connectivity index (χ3v) is 3.03. The molecule has 0 aromatic heterocycles. The molecule has 0 heterocycles. The standard InChI is InChI=1S/C13H31N3/c1-6-9-14-10-8-13(2)16(5)12-7-11-15(3)4/h13-14H,6-12H2,1-5H3. The average Bonchev–Trinajstić information content (AvgIpc) is 2.23. The first-order valence-electron chi connectivity index (χ1n) is 6.63. The molecule has 0 radical (unpaired) electrons. The van der Waals surface area contributed by atoms with E-state index in [-0.39, 0.29) is 0 Å². The van der Waals surface area contributed by atoms with E-state index in [4.69, 9.17) is 0 Å². The van der Waals surface area contributed by atoms with Crippen LogP contribution in [0.25, 0.3) is 0 Å². The highest BCUT2D eigenvalue weighted by molar-refractivity contribution is 4.65. The first kappa shape index (κ1) is 15.9. The summed E-state index contributed by atoms with van der Waals surface area (Å²) >= 11 is 0. The van der Waals surface area contributed by atoms with Gasteiger partial charge in [-0.25, -0.2) is 0 Å². The average molecular weight is 229 g/mol. The van der Waals surface area contributed by atoms with Gasteiger partial charge in [-0.05, 0) is 73.5 Å². The summed E-state index contributed by atoms with van der Waals surface area (Å²) in [5, 5.41) is 3.46. The van der Waals surface area contributed by atoms with Crippen LogP contribution in [0.5, 0.6) is 0 Å². The summed E-state index contributed by atoms with van der Waals surface area (Å²) in [6.45, 7) is 9.22. The fraction of sp³-hybridized carbons (Fsp3) is 1.00. The molecule has 0 aromatic rings. The summed E-state index contributed by atoms with van der Waals surface area (Å²) in [5.41, 5.74) is 0. The van der Waals surface area contributed by atoms with Crippen LogP contribution in [-0.4, -0.2) is 63.2 Å². The van der Waals surface area contributed by atoms with Crippen molar-refractivity contribution in [2.24, 2.45) is 0 Å². The topological polar surface area (TPSA) is 18.5 Å². The second-order valence-corrected chi connectivity index (χ2v) is 5.03. The number of nitrogens with zero attached hydrogens (tertiary/aromatic N) is 2. The molecule has 0 aliphatic heterocycles. The monoisotopic (exact) mass is 229 g/mol. The van der Waals surface area contributed by atoms with E-state index in [2.05, 4.69) is 50.1 Å². The third kappa shape index (κ3) is 9.13. The molecule has 3 heteroatoms. The summed E-state index contributed by atoms with van der Waals surface area (Å²) in [6.07, 6.45) is 3.74. The minimum absolute atomic E-state index is 0.687. The van der Waals surface area contributed by atoms with Crippen molar-refractivity contribution < 1.29 is 0 Å². The van der Waals surface area contributed by atoms with E-state index in [1.165, 1.54) is 32.4 Å². The Bertz CT molecular complexity index is 148. The van der Waals surface area contributed by atoms with E-state index < -0.39 is 0 Å². The van der Waals surface area contributed by atoms with Gasteiger partial charge in [-0.3, -0.25) is 0 Å². The van der Waals surface area contributed by atoms with Crippen molar-refractivity contribution in [3.63, 3.8) is 0 Å². The number of hydrogen-bond acceptors (Lipinski definition) is 3. The molecule has 0 aliphatic carbocycles. The van der Waals surface area contributed by atoms with Gasteiger partial charge in [0, 0.05) is 6.04 Å². The van der Waals surface area contributed by atoms with Gasteiger partial charge in [0.2, 0.25) is 0 Å². The van der Waals surface area contributed by atoms with E-state index in [1.807, 2.05) is 0 Å². The highest BCUT2D eigenvalue weighted by Gasteiger charge is 2.07. The predicted octanol–water partition coefficient (Wildman–Crippen LogP) is 1.65. The second-order valence-electron chi connectivity index (χ2n) is 5.03. The highest BCUT2D eigenvalue weighted by Crippen LogP contribution is 2.01. The fourth-order valence-corrected chi connectivity index (χ4v) is 1.69. The second kappa shape index (κ2) is 10.1. The summed E-state index contributed by atoms with van der Waals surface area (Å²) in [6, 6.07) is 0.687. The Morgan fingerprint density at radius 2 is 1.75 bits per heavy atom. The van der Waals surface area contributed by atoms with Gasteiger partial charge in [-0.2, -0.15) is 0 Å². The summed E-state index contributed by atoms with van der Waals surface area (Å²) < 4.78 is 0. The van der Waals surface area contributed by atoms with Crippen molar-refractivity contribution in [1.82, 2.24) is 15.1 Å². The van der Waals surface area contributed by atoms with Crippen LogP contribution in [-0.2, 0) is 0 Å². The molecule has 1 N–H and O–H groups in total. The van der Waals surface area contributed by atoms with Crippen LogP contribution in [0.1, 0.15) is 33.1 Å². The van der Waals surface area contributed by atoms with Crippen LogP contribution in [0, 0.1) is 0 Å². The SMILES string of the molecule is CCCNCCC(C)N(C)CCCN(C)C. The summed E-state index contributed by atoms with van der Waals surface area (Å²) in [5.74, 6) is 0. The molecule has 0 bridgehead atoms. The molecule has 98 valence electrons. The number of nitrogens with one attached hydrogen (secondary N) is 1. The van der Waals surface area contributed by atoms with Gasteiger partial charge in [0.05, 0.1) is 0 Å². The molecular weight excluding hydrogens is 198 g/mol. The van der Waals surface area contributed by atoms with Crippen LogP contribution < -0.4 is 5.32 Å². The molecular formula is C13H31N3. The van der Waals surface area contributed by atoms with Gasteiger partial charge in [0.25, 0.3) is 0 Å². The lowest BCUT2D eigenvalue weighted by molar-refractivity contribution is 0.231. The van der Waals surface area contributed by atoms with E-state index in [0.29, 0.717) is 6.04 Å². The molecule has 3 nitrogen and oxygen atoms in total. The summed E-state index contributed by atoms with van der Waals surface area (Å²) in [4.78, 5) is 4.72. The first-order chi connectivity index (χ1) is 7.57. The van der Waals surface area contributed by atoms with Gasteiger partial charge in [-0.15, -0.1) is 0 Å². The van der Waals surface area contributed by atoms with Gasteiger partial charge < -0.3 is 15.1 Å². The molecule has 0 saturated heterocycles. The zero-order chi connectivity index (χ0) is 12.4. The maximum Gasteiger partial charge on any atom is 0.00759 e. The lowest BCUT2D eigenvalue weighted by atomic mass is 10.2. The Balaban J connectivity index is 3.45. The zero-order valence-electron chi connectivity index (χ0n) is 11.9. The van der Waals surface area contributed by atoms with E-state index >= 15 is 0 Å². The maximum atomic E-state index is 3.46. The molecule has 1 atom stereocenters. The molecule has 0 saturated carbocycles. The van der Waals surface area contributed by atoms with Crippen LogP contribution in [0.15, 0.2) is 0 Å². The summed E-state index contributed by atoms with van der Waals surface area (Å²) in [7, 11) is 6.51. The van der Waals surface area contributed by atoms with Gasteiger partial charge >= 0.3 is 0 Å². The molecule has 0 aromatic carbocycles. The van der Waals surface area contributed by atoms with E-state index in [9.17, 15) is 0 Å². The van der Waals surface area contributed by atoms with Crippen molar-refractivity contribution in [3.8, 4) is 0 Å². The molecule has 0 aliphatic rings. The largest absolute Gasteiger partial charge is 0.317 e.